The Kier molecular flexibility index (Phi) is 7.19. The van der Waals surface area contributed by atoms with Crippen molar-refractivity contribution < 1.29 is 9.00 Å². The van der Waals surface area contributed by atoms with E-state index in [0.717, 1.165) is 23.4 Å². The summed E-state index contributed by atoms with van der Waals surface area (Å²) in [4.78, 5) is 15.3. The quantitative estimate of drug-likeness (QED) is 0.841. The molecular formula is C20H25NO2S. The van der Waals surface area contributed by atoms with E-state index in [1.54, 1.807) is 0 Å². The van der Waals surface area contributed by atoms with Crippen molar-refractivity contribution in [2.45, 2.75) is 43.4 Å². The summed E-state index contributed by atoms with van der Waals surface area (Å²) in [6, 6.07) is 19.2. The van der Waals surface area contributed by atoms with Gasteiger partial charge in [-0.2, -0.15) is 0 Å². The van der Waals surface area contributed by atoms with Gasteiger partial charge in [-0.25, -0.2) is 0 Å². The molecule has 1 aliphatic rings. The van der Waals surface area contributed by atoms with Gasteiger partial charge in [0.1, 0.15) is 5.25 Å². The molecule has 3 rings (SSSR count). The Labute approximate surface area is 147 Å². The summed E-state index contributed by atoms with van der Waals surface area (Å²) in [5.41, 5.74) is 1.11. The molecule has 0 aromatic heterocycles. The van der Waals surface area contributed by atoms with E-state index in [-0.39, 0.29) is 5.91 Å². The van der Waals surface area contributed by atoms with Crippen molar-refractivity contribution in [1.29, 1.82) is 0 Å². The number of benzene rings is 2. The van der Waals surface area contributed by atoms with Crippen LogP contribution in [0.25, 0.3) is 0 Å². The third-order valence-electron chi connectivity index (χ3n) is 3.93. The van der Waals surface area contributed by atoms with E-state index in [4.69, 9.17) is 0 Å². The molecule has 1 amide bonds. The molecule has 24 heavy (non-hydrogen) atoms. The van der Waals surface area contributed by atoms with Crippen LogP contribution in [-0.2, 0) is 22.1 Å². The first-order valence-corrected chi connectivity index (χ1v) is 9.75. The molecule has 1 aliphatic heterocycles. The van der Waals surface area contributed by atoms with Crippen LogP contribution < -0.4 is 0 Å². The Bertz CT molecular complexity index is 658. The fourth-order valence-corrected chi connectivity index (χ4v) is 4.25. The van der Waals surface area contributed by atoms with Crippen molar-refractivity contribution in [2.75, 3.05) is 6.54 Å². The van der Waals surface area contributed by atoms with E-state index in [1.165, 1.54) is 0 Å². The smallest absolute Gasteiger partial charge is 0.239 e. The maximum atomic E-state index is 12.7. The van der Waals surface area contributed by atoms with Gasteiger partial charge >= 0.3 is 0 Å². The maximum absolute atomic E-state index is 12.7. The van der Waals surface area contributed by atoms with E-state index < -0.39 is 16.0 Å². The van der Waals surface area contributed by atoms with Crippen LogP contribution >= 0.6 is 0 Å². The summed E-state index contributed by atoms with van der Waals surface area (Å²) < 4.78 is 12.7. The predicted molar refractivity (Wildman–Crippen MR) is 99.1 cm³/mol. The molecule has 3 nitrogen and oxygen atoms in total. The Morgan fingerprint density at radius 3 is 2.21 bits per heavy atom. The highest BCUT2D eigenvalue weighted by Crippen LogP contribution is 2.22. The average molecular weight is 343 g/mol. The first-order valence-electron chi connectivity index (χ1n) is 8.54. The highest BCUT2D eigenvalue weighted by atomic mass is 32.2. The lowest BCUT2D eigenvalue weighted by Crippen LogP contribution is -2.45. The SMILES string of the molecule is CC.O=C1C(S(=O)c2ccccc2)CCCN1Cc1ccccc1. The number of carbonyl (C=O) groups excluding carboxylic acids is 1. The molecule has 4 heteroatoms. The molecule has 2 unspecified atom stereocenters. The van der Waals surface area contributed by atoms with E-state index in [2.05, 4.69) is 0 Å². The van der Waals surface area contributed by atoms with Gasteiger partial charge in [0.25, 0.3) is 0 Å². The van der Waals surface area contributed by atoms with E-state index >= 15 is 0 Å². The van der Waals surface area contributed by atoms with Crippen molar-refractivity contribution in [3.63, 3.8) is 0 Å². The second-order valence-corrected chi connectivity index (χ2v) is 7.12. The summed E-state index contributed by atoms with van der Waals surface area (Å²) in [7, 11) is -1.27. The molecule has 2 atom stereocenters. The molecule has 0 spiro atoms. The third kappa shape index (κ3) is 4.54. The number of likely N-dealkylation sites (tertiary alicyclic amines) is 1. The Morgan fingerprint density at radius 1 is 1.00 bits per heavy atom. The molecule has 1 saturated heterocycles. The predicted octanol–water partition coefficient (Wildman–Crippen LogP) is 4.01. The van der Waals surface area contributed by atoms with Crippen molar-refractivity contribution in [3.05, 3.63) is 66.2 Å². The standard InChI is InChI=1S/C18H19NO2S.C2H6/c20-18-17(22(21)16-10-5-2-6-11-16)12-7-13-19(18)14-15-8-3-1-4-9-15;1-2/h1-6,8-11,17H,7,12-14H2;1-2H3. The number of hydrogen-bond acceptors (Lipinski definition) is 2. The Hall–Kier alpha value is -1.94. The van der Waals surface area contributed by atoms with Crippen molar-refractivity contribution in [3.8, 4) is 0 Å². The second-order valence-electron chi connectivity index (χ2n) is 5.49. The first-order chi connectivity index (χ1) is 11.8. The topological polar surface area (TPSA) is 37.4 Å². The summed E-state index contributed by atoms with van der Waals surface area (Å²) in [5.74, 6) is 0.0114. The fraction of sp³-hybridized carbons (Fsp3) is 0.350. The van der Waals surface area contributed by atoms with E-state index in [0.29, 0.717) is 13.0 Å². The highest BCUT2D eigenvalue weighted by Gasteiger charge is 2.33. The molecule has 0 N–H and O–H groups in total. The van der Waals surface area contributed by atoms with Crippen LogP contribution in [0.1, 0.15) is 32.3 Å². The van der Waals surface area contributed by atoms with Gasteiger partial charge < -0.3 is 4.90 Å². The molecule has 0 bridgehead atoms. The lowest BCUT2D eigenvalue weighted by molar-refractivity contribution is -0.133. The second kappa shape index (κ2) is 9.38. The van der Waals surface area contributed by atoms with Crippen LogP contribution in [0.15, 0.2) is 65.6 Å². The van der Waals surface area contributed by atoms with E-state index in [9.17, 15) is 9.00 Å². The lowest BCUT2D eigenvalue weighted by atomic mass is 10.1. The van der Waals surface area contributed by atoms with Crippen molar-refractivity contribution in [1.82, 2.24) is 4.90 Å². The zero-order valence-corrected chi connectivity index (χ0v) is 15.2. The zero-order chi connectivity index (χ0) is 17.4. The third-order valence-corrected chi connectivity index (χ3v) is 5.62. The monoisotopic (exact) mass is 343 g/mol. The van der Waals surface area contributed by atoms with Gasteiger partial charge in [0.2, 0.25) is 5.91 Å². The number of hydrogen-bond donors (Lipinski definition) is 0. The molecule has 2 aromatic rings. The fourth-order valence-electron chi connectivity index (χ4n) is 2.78. The van der Waals surface area contributed by atoms with Crippen molar-refractivity contribution in [2.24, 2.45) is 0 Å². The zero-order valence-electron chi connectivity index (χ0n) is 14.4. The molecule has 2 aromatic carbocycles. The summed E-state index contributed by atoms with van der Waals surface area (Å²) >= 11 is 0. The summed E-state index contributed by atoms with van der Waals surface area (Å²) in [6.45, 7) is 5.35. The van der Waals surface area contributed by atoms with Crippen LogP contribution in [0.4, 0.5) is 0 Å². The minimum absolute atomic E-state index is 0.0114. The minimum Gasteiger partial charge on any atom is -0.337 e. The molecular weight excluding hydrogens is 318 g/mol. The Balaban J connectivity index is 0.00000100. The molecule has 0 radical (unpaired) electrons. The normalized spacial score (nSPS) is 18.5. The van der Waals surface area contributed by atoms with Crippen LogP contribution in [-0.4, -0.2) is 26.8 Å². The number of piperidine rings is 1. The summed E-state index contributed by atoms with van der Waals surface area (Å²) in [6.07, 6.45) is 1.60. The van der Waals surface area contributed by atoms with Crippen LogP contribution in [0.2, 0.25) is 0 Å². The summed E-state index contributed by atoms with van der Waals surface area (Å²) in [5, 5.41) is -0.417. The lowest BCUT2D eigenvalue weighted by Gasteiger charge is -2.32. The molecule has 0 aliphatic carbocycles. The largest absolute Gasteiger partial charge is 0.337 e. The first kappa shape index (κ1) is 18.4. The van der Waals surface area contributed by atoms with Crippen LogP contribution in [0.5, 0.6) is 0 Å². The van der Waals surface area contributed by atoms with Gasteiger partial charge in [-0.1, -0.05) is 62.4 Å². The molecule has 128 valence electrons. The van der Waals surface area contributed by atoms with E-state index in [1.807, 2.05) is 79.4 Å². The number of rotatable bonds is 4. The van der Waals surface area contributed by atoms with Gasteiger partial charge in [-0.05, 0) is 30.5 Å². The molecule has 1 heterocycles. The number of nitrogens with zero attached hydrogens (tertiary/aromatic N) is 1. The minimum atomic E-state index is -1.27. The molecule has 1 fully saturated rings. The molecule has 0 saturated carbocycles. The average Bonchev–Trinajstić information content (AvgIpc) is 2.66. The maximum Gasteiger partial charge on any atom is 0.239 e. The van der Waals surface area contributed by atoms with Gasteiger partial charge in [-0.15, -0.1) is 0 Å². The Morgan fingerprint density at radius 2 is 1.58 bits per heavy atom. The number of amides is 1. The van der Waals surface area contributed by atoms with Gasteiger partial charge in [0.05, 0.1) is 10.8 Å². The van der Waals surface area contributed by atoms with Gasteiger partial charge in [0, 0.05) is 18.0 Å². The van der Waals surface area contributed by atoms with Crippen LogP contribution in [0.3, 0.4) is 0 Å². The van der Waals surface area contributed by atoms with Gasteiger partial charge in [-0.3, -0.25) is 9.00 Å². The number of carbonyl (C=O) groups is 1. The van der Waals surface area contributed by atoms with Gasteiger partial charge in [0.15, 0.2) is 0 Å². The van der Waals surface area contributed by atoms with Crippen LogP contribution in [0, 0.1) is 0 Å². The van der Waals surface area contributed by atoms with Crippen molar-refractivity contribution >= 4 is 16.7 Å². The highest BCUT2D eigenvalue weighted by molar-refractivity contribution is 7.86.